The van der Waals surface area contributed by atoms with Crippen LogP contribution in [0.15, 0.2) is 0 Å². The number of nitrogens with zero attached hydrogens (tertiary/aromatic N) is 1. The molecule has 1 aliphatic rings. The molecule has 0 saturated carbocycles. The Balaban J connectivity index is 2.38. The maximum absolute atomic E-state index is 12.0. The third-order valence-corrected chi connectivity index (χ3v) is 2.86. The van der Waals surface area contributed by atoms with E-state index in [0.717, 1.165) is 6.54 Å². The van der Waals surface area contributed by atoms with E-state index in [9.17, 15) is 9.59 Å². The first-order valence-electron chi connectivity index (χ1n) is 6.53. The van der Waals surface area contributed by atoms with Gasteiger partial charge in [0.15, 0.2) is 0 Å². The van der Waals surface area contributed by atoms with Crippen LogP contribution in [0.25, 0.3) is 0 Å². The summed E-state index contributed by atoms with van der Waals surface area (Å²) in [6.07, 6.45) is 0.382. The van der Waals surface area contributed by atoms with E-state index >= 15 is 0 Å². The molecule has 2 amide bonds. The minimum Gasteiger partial charge on any atom is -0.378 e. The van der Waals surface area contributed by atoms with Crippen LogP contribution in [-0.4, -0.2) is 62.1 Å². The van der Waals surface area contributed by atoms with E-state index in [1.165, 1.54) is 0 Å². The molecule has 1 fully saturated rings. The van der Waals surface area contributed by atoms with E-state index in [-0.39, 0.29) is 24.4 Å². The van der Waals surface area contributed by atoms with Crippen molar-refractivity contribution in [3.8, 4) is 0 Å². The van der Waals surface area contributed by atoms with Crippen molar-refractivity contribution in [2.24, 2.45) is 0 Å². The minimum atomic E-state index is -0.111. The van der Waals surface area contributed by atoms with Crippen LogP contribution in [0.5, 0.6) is 0 Å². The number of hydrogen-bond acceptors (Lipinski definition) is 4. The van der Waals surface area contributed by atoms with E-state index < -0.39 is 0 Å². The van der Waals surface area contributed by atoms with Crippen LogP contribution in [0.1, 0.15) is 20.3 Å². The lowest BCUT2D eigenvalue weighted by atomic mass is 10.2. The summed E-state index contributed by atoms with van der Waals surface area (Å²) in [7, 11) is 0. The number of rotatable bonds is 6. The molecule has 2 N–H and O–H groups in total. The molecule has 6 heteroatoms. The zero-order chi connectivity index (χ0) is 13.4. The number of morpholine rings is 1. The Labute approximate surface area is 108 Å². The first-order chi connectivity index (χ1) is 8.67. The van der Waals surface area contributed by atoms with Crippen LogP contribution in [0.4, 0.5) is 0 Å². The van der Waals surface area contributed by atoms with Gasteiger partial charge >= 0.3 is 0 Å². The van der Waals surface area contributed by atoms with Gasteiger partial charge in [-0.05, 0) is 13.8 Å². The fourth-order valence-electron chi connectivity index (χ4n) is 1.89. The quantitative estimate of drug-likeness (QED) is 0.663. The Kier molecular flexibility index (Phi) is 6.67. The van der Waals surface area contributed by atoms with Crippen molar-refractivity contribution in [2.75, 3.05) is 39.4 Å². The number of amides is 2. The molecule has 0 aromatic rings. The highest BCUT2D eigenvalue weighted by molar-refractivity contribution is 5.85. The van der Waals surface area contributed by atoms with Gasteiger partial charge in [0.2, 0.25) is 11.8 Å². The molecular formula is C12H23N3O3. The second kappa shape index (κ2) is 8.05. The summed E-state index contributed by atoms with van der Waals surface area (Å²) in [4.78, 5) is 25.1. The van der Waals surface area contributed by atoms with Gasteiger partial charge in [-0.2, -0.15) is 0 Å². The normalized spacial score (nSPS) is 19.3. The van der Waals surface area contributed by atoms with Crippen LogP contribution in [0.2, 0.25) is 0 Å². The highest BCUT2D eigenvalue weighted by atomic mass is 16.5. The number of likely N-dealkylation sites (N-methyl/N-ethyl adjacent to an activating group) is 2. The lowest BCUT2D eigenvalue weighted by Gasteiger charge is -2.26. The monoisotopic (exact) mass is 257 g/mol. The van der Waals surface area contributed by atoms with Gasteiger partial charge in [-0.15, -0.1) is 0 Å². The zero-order valence-corrected chi connectivity index (χ0v) is 11.2. The van der Waals surface area contributed by atoms with E-state index in [2.05, 4.69) is 10.6 Å². The topological polar surface area (TPSA) is 70.7 Å². The highest BCUT2D eigenvalue weighted by Crippen LogP contribution is 2.02. The van der Waals surface area contributed by atoms with Crippen LogP contribution in [-0.2, 0) is 14.3 Å². The Hall–Kier alpha value is -1.14. The Morgan fingerprint density at radius 1 is 1.44 bits per heavy atom. The summed E-state index contributed by atoms with van der Waals surface area (Å²) >= 11 is 0. The van der Waals surface area contributed by atoms with Gasteiger partial charge in [-0.3, -0.25) is 9.59 Å². The average molecular weight is 257 g/mol. The molecule has 0 bridgehead atoms. The molecule has 18 heavy (non-hydrogen) atoms. The standard InChI is InChI=1S/C12H23N3O3/c1-3-13-11(16)8-15(4-2)12(17)7-10-9-18-6-5-14-10/h10,14H,3-9H2,1-2H3,(H,13,16). The predicted molar refractivity (Wildman–Crippen MR) is 68.2 cm³/mol. The van der Waals surface area contributed by atoms with Crippen molar-refractivity contribution in [3.05, 3.63) is 0 Å². The maximum Gasteiger partial charge on any atom is 0.239 e. The van der Waals surface area contributed by atoms with Gasteiger partial charge in [0.05, 0.1) is 19.8 Å². The van der Waals surface area contributed by atoms with Crippen molar-refractivity contribution < 1.29 is 14.3 Å². The summed E-state index contributed by atoms with van der Waals surface area (Å²) in [6.45, 7) is 7.04. The lowest BCUT2D eigenvalue weighted by Crippen LogP contribution is -2.47. The largest absolute Gasteiger partial charge is 0.378 e. The number of nitrogens with one attached hydrogen (secondary N) is 2. The summed E-state index contributed by atoms with van der Waals surface area (Å²) in [6, 6.07) is 0.0644. The summed E-state index contributed by atoms with van der Waals surface area (Å²) < 4.78 is 5.30. The smallest absolute Gasteiger partial charge is 0.239 e. The van der Waals surface area contributed by atoms with Gasteiger partial charge in [-0.1, -0.05) is 0 Å². The summed E-state index contributed by atoms with van der Waals surface area (Å²) in [5.41, 5.74) is 0. The molecule has 1 unspecified atom stereocenters. The van der Waals surface area contributed by atoms with Crippen LogP contribution >= 0.6 is 0 Å². The van der Waals surface area contributed by atoms with E-state index in [0.29, 0.717) is 32.7 Å². The molecule has 0 aliphatic carbocycles. The Morgan fingerprint density at radius 3 is 2.78 bits per heavy atom. The minimum absolute atomic E-state index is 0.00764. The number of carbonyl (C=O) groups is 2. The fourth-order valence-corrected chi connectivity index (χ4v) is 1.89. The van der Waals surface area contributed by atoms with E-state index in [1.807, 2.05) is 13.8 Å². The third-order valence-electron chi connectivity index (χ3n) is 2.86. The van der Waals surface area contributed by atoms with Gasteiger partial charge in [0.25, 0.3) is 0 Å². The maximum atomic E-state index is 12.0. The Bertz CT molecular complexity index is 278. The van der Waals surface area contributed by atoms with Crippen LogP contribution in [0, 0.1) is 0 Å². The van der Waals surface area contributed by atoms with E-state index in [4.69, 9.17) is 4.74 Å². The molecule has 104 valence electrons. The van der Waals surface area contributed by atoms with Crippen molar-refractivity contribution in [3.63, 3.8) is 0 Å². The van der Waals surface area contributed by atoms with Gasteiger partial charge in [-0.25, -0.2) is 0 Å². The van der Waals surface area contributed by atoms with Crippen LogP contribution < -0.4 is 10.6 Å². The third kappa shape index (κ3) is 5.01. The van der Waals surface area contributed by atoms with Gasteiger partial charge < -0.3 is 20.3 Å². The number of carbonyl (C=O) groups excluding carboxylic acids is 2. The SMILES string of the molecule is CCNC(=O)CN(CC)C(=O)CC1COCCN1. The van der Waals surface area contributed by atoms with Gasteiger partial charge in [0, 0.05) is 32.1 Å². The van der Waals surface area contributed by atoms with Crippen molar-refractivity contribution in [1.29, 1.82) is 0 Å². The molecule has 6 nitrogen and oxygen atoms in total. The van der Waals surface area contributed by atoms with E-state index in [1.54, 1.807) is 4.90 Å². The first-order valence-corrected chi connectivity index (χ1v) is 6.53. The molecule has 1 aliphatic heterocycles. The average Bonchev–Trinajstić information content (AvgIpc) is 2.37. The molecular weight excluding hydrogens is 234 g/mol. The molecule has 0 aromatic heterocycles. The number of ether oxygens (including phenoxy) is 1. The number of hydrogen-bond donors (Lipinski definition) is 2. The second-order valence-corrected chi connectivity index (χ2v) is 4.29. The summed E-state index contributed by atoms with van der Waals surface area (Å²) in [5.74, 6) is -0.118. The molecule has 0 radical (unpaired) electrons. The molecule has 0 aromatic carbocycles. The zero-order valence-electron chi connectivity index (χ0n) is 11.2. The van der Waals surface area contributed by atoms with Crippen molar-refractivity contribution in [2.45, 2.75) is 26.3 Å². The van der Waals surface area contributed by atoms with Crippen LogP contribution in [0.3, 0.4) is 0 Å². The Morgan fingerprint density at radius 2 is 2.22 bits per heavy atom. The molecule has 1 atom stereocenters. The molecule has 0 spiro atoms. The van der Waals surface area contributed by atoms with Gasteiger partial charge in [0.1, 0.15) is 0 Å². The molecule has 1 rings (SSSR count). The lowest BCUT2D eigenvalue weighted by molar-refractivity contribution is -0.136. The first kappa shape index (κ1) is 14.9. The summed E-state index contributed by atoms with van der Waals surface area (Å²) in [5, 5.41) is 5.93. The fraction of sp³-hybridized carbons (Fsp3) is 0.833. The highest BCUT2D eigenvalue weighted by Gasteiger charge is 2.21. The second-order valence-electron chi connectivity index (χ2n) is 4.29. The van der Waals surface area contributed by atoms with Crippen molar-refractivity contribution >= 4 is 11.8 Å². The molecule has 1 heterocycles. The van der Waals surface area contributed by atoms with Crippen molar-refractivity contribution in [1.82, 2.24) is 15.5 Å². The molecule has 1 saturated heterocycles. The predicted octanol–water partition coefficient (Wildman–Crippen LogP) is -0.650.